The summed E-state index contributed by atoms with van der Waals surface area (Å²) >= 11 is 6.69. The third-order valence-corrected chi connectivity index (χ3v) is 5.94. The summed E-state index contributed by atoms with van der Waals surface area (Å²) in [4.78, 5) is 21.7. The van der Waals surface area contributed by atoms with Gasteiger partial charge in [0.2, 0.25) is 0 Å². The molecule has 6 nitrogen and oxygen atoms in total. The predicted molar refractivity (Wildman–Crippen MR) is 110 cm³/mol. The number of rotatable bonds is 3. The van der Waals surface area contributed by atoms with Gasteiger partial charge in [-0.05, 0) is 74.2 Å². The highest BCUT2D eigenvalue weighted by molar-refractivity contribution is 9.11. The minimum Gasteiger partial charge on any atom is -0.506 e. The highest BCUT2D eigenvalue weighted by atomic mass is 79.9. The maximum Gasteiger partial charge on any atom is 0.293 e. The van der Waals surface area contributed by atoms with Gasteiger partial charge in [-0.1, -0.05) is 6.92 Å². The number of aliphatic hydroxyl groups excluding tert-OH is 1. The molecule has 1 unspecified atom stereocenters. The Balaban J connectivity index is 1.90. The summed E-state index contributed by atoms with van der Waals surface area (Å²) in [6.45, 7) is 1.90. The second kappa shape index (κ2) is 6.69. The minimum absolute atomic E-state index is 0.0831. The van der Waals surface area contributed by atoms with E-state index in [0.717, 1.165) is 16.6 Å². The largest absolute Gasteiger partial charge is 0.506 e. The lowest BCUT2D eigenvalue weighted by Gasteiger charge is -2.27. The Morgan fingerprint density at radius 2 is 1.89 bits per heavy atom. The van der Waals surface area contributed by atoms with E-state index in [4.69, 9.17) is 0 Å². The predicted octanol–water partition coefficient (Wildman–Crippen LogP) is 5.10. The number of benzene rings is 2. The number of hydrogen-bond acceptors (Lipinski definition) is 4. The van der Waals surface area contributed by atoms with Crippen LogP contribution in [0, 0.1) is 0 Å². The van der Waals surface area contributed by atoms with Crippen LogP contribution >= 0.6 is 31.9 Å². The maximum atomic E-state index is 12.9. The summed E-state index contributed by atoms with van der Waals surface area (Å²) in [6.07, 6.45) is 2.11. The van der Waals surface area contributed by atoms with Gasteiger partial charge in [-0.25, -0.2) is 4.98 Å². The van der Waals surface area contributed by atoms with Gasteiger partial charge in [0.25, 0.3) is 5.91 Å². The molecule has 0 bridgehead atoms. The monoisotopic (exact) mass is 491 g/mol. The van der Waals surface area contributed by atoms with Crippen LogP contribution in [0.2, 0.25) is 0 Å². The summed E-state index contributed by atoms with van der Waals surface area (Å²) < 4.78 is 1.01. The summed E-state index contributed by atoms with van der Waals surface area (Å²) in [5.74, 6) is -0.594. The van der Waals surface area contributed by atoms with Gasteiger partial charge in [0.1, 0.15) is 5.75 Å². The number of phenols is 1. The van der Waals surface area contributed by atoms with Gasteiger partial charge in [-0.3, -0.25) is 9.69 Å². The molecule has 8 heteroatoms. The van der Waals surface area contributed by atoms with Gasteiger partial charge >= 0.3 is 0 Å². The molecule has 0 fully saturated rings. The highest BCUT2D eigenvalue weighted by Gasteiger charge is 2.40. The molecular formula is C19H15Br2N3O3. The number of hydrogen-bond donors (Lipinski definition) is 3. The van der Waals surface area contributed by atoms with Crippen molar-refractivity contribution in [3.8, 4) is 5.75 Å². The zero-order valence-electron chi connectivity index (χ0n) is 14.2. The number of aromatic amines is 1. The number of halogens is 2. The Morgan fingerprint density at radius 1 is 1.19 bits per heavy atom. The van der Waals surface area contributed by atoms with Gasteiger partial charge in [-0.15, -0.1) is 0 Å². The lowest BCUT2D eigenvalue weighted by atomic mass is 9.97. The number of carbonyl (C=O) groups excluding carboxylic acids is 1. The number of nitrogens with zero attached hydrogens (tertiary/aromatic N) is 2. The fraction of sp³-hybridized carbons (Fsp3) is 0.158. The number of fused-ring (bicyclic) bond motifs is 1. The van der Waals surface area contributed by atoms with Crippen LogP contribution < -0.4 is 4.90 Å². The smallest absolute Gasteiger partial charge is 0.293 e. The van der Waals surface area contributed by atoms with E-state index >= 15 is 0 Å². The molecule has 0 aliphatic carbocycles. The van der Waals surface area contributed by atoms with E-state index in [9.17, 15) is 15.0 Å². The first-order chi connectivity index (χ1) is 12.9. The van der Waals surface area contributed by atoms with E-state index < -0.39 is 11.9 Å². The number of anilines is 1. The molecule has 3 N–H and O–H groups in total. The summed E-state index contributed by atoms with van der Waals surface area (Å²) in [5, 5.41) is 20.5. The summed E-state index contributed by atoms with van der Waals surface area (Å²) in [7, 11) is 0. The van der Waals surface area contributed by atoms with Crippen molar-refractivity contribution in [1.29, 1.82) is 0 Å². The average molecular weight is 493 g/mol. The van der Waals surface area contributed by atoms with Crippen molar-refractivity contribution in [2.45, 2.75) is 19.4 Å². The van der Waals surface area contributed by atoms with Gasteiger partial charge in [0.15, 0.2) is 5.76 Å². The Hall–Kier alpha value is -2.32. The second-order valence-electron chi connectivity index (χ2n) is 6.24. The van der Waals surface area contributed by atoms with Crippen LogP contribution in [-0.4, -0.2) is 26.1 Å². The molecule has 3 aromatic rings. The standard InChI is InChI=1S/C19H15Br2N3O3/c1-2-11-16(9-5-12(20)18(26)13(21)6-9)24(19(27)17(11)25)10-3-4-14-15(7-10)23-8-22-14/h3-8,16,25-26H,2H2,1H3,(H,22,23). The average Bonchev–Trinajstić information content (AvgIpc) is 3.21. The van der Waals surface area contributed by atoms with Crippen molar-refractivity contribution in [2.24, 2.45) is 0 Å². The van der Waals surface area contributed by atoms with Crippen LogP contribution in [0.25, 0.3) is 11.0 Å². The molecule has 27 heavy (non-hydrogen) atoms. The third-order valence-electron chi connectivity index (χ3n) is 4.73. The molecule has 0 saturated heterocycles. The Kier molecular flexibility index (Phi) is 4.47. The number of carbonyl (C=O) groups is 1. The Morgan fingerprint density at radius 3 is 2.56 bits per heavy atom. The van der Waals surface area contributed by atoms with Crippen molar-refractivity contribution in [1.82, 2.24) is 9.97 Å². The van der Waals surface area contributed by atoms with Crippen molar-refractivity contribution in [3.05, 3.63) is 62.5 Å². The fourth-order valence-electron chi connectivity index (χ4n) is 3.45. The van der Waals surface area contributed by atoms with E-state index in [1.54, 1.807) is 23.4 Å². The van der Waals surface area contributed by atoms with E-state index in [1.165, 1.54) is 0 Å². The number of aliphatic hydroxyl groups is 1. The van der Waals surface area contributed by atoms with Gasteiger partial charge in [0.05, 0.1) is 32.3 Å². The van der Waals surface area contributed by atoms with E-state index in [2.05, 4.69) is 41.8 Å². The maximum absolute atomic E-state index is 12.9. The van der Waals surface area contributed by atoms with Crippen LogP contribution in [-0.2, 0) is 4.79 Å². The zero-order valence-corrected chi connectivity index (χ0v) is 17.4. The molecule has 1 amide bonds. The van der Waals surface area contributed by atoms with E-state index in [-0.39, 0.29) is 11.5 Å². The molecule has 1 atom stereocenters. The Bertz CT molecular complexity index is 1080. The number of H-pyrrole nitrogens is 1. The van der Waals surface area contributed by atoms with Crippen molar-refractivity contribution >= 4 is 54.5 Å². The van der Waals surface area contributed by atoms with Gasteiger partial charge < -0.3 is 15.2 Å². The van der Waals surface area contributed by atoms with Crippen molar-refractivity contribution < 1.29 is 15.0 Å². The topological polar surface area (TPSA) is 89.5 Å². The fourth-order valence-corrected chi connectivity index (χ4v) is 4.67. The number of aromatic hydroxyl groups is 1. The van der Waals surface area contributed by atoms with Crippen LogP contribution in [0.15, 0.2) is 56.9 Å². The molecule has 0 saturated carbocycles. The molecule has 1 aliphatic heterocycles. The first kappa shape index (κ1) is 18.1. The number of amides is 1. The molecule has 138 valence electrons. The van der Waals surface area contributed by atoms with E-state index in [0.29, 0.717) is 26.6 Å². The zero-order chi connectivity index (χ0) is 19.3. The van der Waals surface area contributed by atoms with Gasteiger partial charge in [-0.2, -0.15) is 0 Å². The van der Waals surface area contributed by atoms with Crippen molar-refractivity contribution in [3.63, 3.8) is 0 Å². The molecular weight excluding hydrogens is 478 g/mol. The summed E-state index contributed by atoms with van der Waals surface area (Å²) in [5.41, 5.74) is 3.65. The molecule has 1 aliphatic rings. The van der Waals surface area contributed by atoms with Crippen LogP contribution in [0.1, 0.15) is 24.9 Å². The van der Waals surface area contributed by atoms with Crippen LogP contribution in [0.3, 0.4) is 0 Å². The molecule has 1 aromatic heterocycles. The normalized spacial score (nSPS) is 17.4. The molecule has 0 radical (unpaired) electrons. The number of nitrogens with one attached hydrogen (secondary N) is 1. The van der Waals surface area contributed by atoms with Crippen LogP contribution in [0.4, 0.5) is 5.69 Å². The number of imidazole rings is 1. The minimum atomic E-state index is -0.476. The highest BCUT2D eigenvalue weighted by Crippen LogP contribution is 2.45. The second-order valence-corrected chi connectivity index (χ2v) is 7.95. The number of phenolic OH excluding ortho intramolecular Hbond substituents is 1. The van der Waals surface area contributed by atoms with E-state index in [1.807, 2.05) is 25.1 Å². The number of aromatic nitrogens is 2. The van der Waals surface area contributed by atoms with Gasteiger partial charge in [0, 0.05) is 11.3 Å². The molecule has 2 aromatic carbocycles. The third kappa shape index (κ3) is 2.83. The van der Waals surface area contributed by atoms with Crippen molar-refractivity contribution in [2.75, 3.05) is 4.90 Å². The quantitative estimate of drug-likeness (QED) is 0.474. The lowest BCUT2D eigenvalue weighted by Crippen LogP contribution is -2.30. The first-order valence-corrected chi connectivity index (χ1v) is 9.87. The lowest BCUT2D eigenvalue weighted by molar-refractivity contribution is -0.117. The van der Waals surface area contributed by atoms with Crippen LogP contribution in [0.5, 0.6) is 5.75 Å². The Labute approximate surface area is 171 Å². The first-order valence-electron chi connectivity index (χ1n) is 8.29. The molecule has 4 rings (SSSR count). The summed E-state index contributed by atoms with van der Waals surface area (Å²) in [6, 6.07) is 8.52. The SMILES string of the molecule is CCC1=C(O)C(=O)N(c2ccc3nc[nH]c3c2)C1c1cc(Br)c(O)c(Br)c1. The molecule has 0 spiro atoms. The molecule has 2 heterocycles.